The van der Waals surface area contributed by atoms with Crippen LogP contribution in [0.5, 0.6) is 0 Å². The Hall–Kier alpha value is -3.67. The second-order valence-electron chi connectivity index (χ2n) is 19.5. The van der Waals surface area contributed by atoms with E-state index in [9.17, 15) is 14.4 Å². The standard InChI is InChI=1S/C65H110O6/c1-4-7-10-13-16-19-22-25-28-31-32-35-37-40-43-46-49-52-55-58-64(67)70-61-62(71-65(68)59-56-53-50-47-44-41-38-34-30-27-24-21-18-15-12-9-6-3)60-69-63(66)57-54-51-48-45-42-39-36-33-29-26-23-20-17-14-11-8-5-2/h17,20,25-30,36,38-39,41,45,47-48,50,62H,4-16,18-19,21-24,31-35,37,40,42-44,46,49,51-61H2,1-3H3/b20-17-,28-25-,29-26-,30-27-,39-36-,41-38-,48-45-,50-47-/t62-/m1/s1. The van der Waals surface area contributed by atoms with E-state index >= 15 is 0 Å². The number of rotatable bonds is 53. The van der Waals surface area contributed by atoms with Crippen molar-refractivity contribution in [2.75, 3.05) is 13.2 Å². The van der Waals surface area contributed by atoms with Crippen molar-refractivity contribution in [2.24, 2.45) is 0 Å². The van der Waals surface area contributed by atoms with Gasteiger partial charge in [-0.05, 0) is 116 Å². The molecule has 0 saturated heterocycles. The van der Waals surface area contributed by atoms with Crippen LogP contribution in [0.4, 0.5) is 0 Å². The van der Waals surface area contributed by atoms with E-state index < -0.39 is 6.10 Å². The molecule has 0 aromatic carbocycles. The number of unbranched alkanes of at least 4 members (excludes halogenated alkanes) is 26. The minimum absolute atomic E-state index is 0.116. The van der Waals surface area contributed by atoms with Crippen molar-refractivity contribution in [1.82, 2.24) is 0 Å². The van der Waals surface area contributed by atoms with Gasteiger partial charge in [-0.15, -0.1) is 0 Å². The molecule has 0 aliphatic carbocycles. The van der Waals surface area contributed by atoms with Gasteiger partial charge in [0.05, 0.1) is 0 Å². The van der Waals surface area contributed by atoms with E-state index in [2.05, 4.69) is 118 Å². The van der Waals surface area contributed by atoms with Gasteiger partial charge in [-0.1, -0.05) is 240 Å². The highest BCUT2D eigenvalue weighted by Gasteiger charge is 2.19. The summed E-state index contributed by atoms with van der Waals surface area (Å²) in [7, 11) is 0. The number of carbonyl (C=O) groups is 3. The van der Waals surface area contributed by atoms with E-state index in [-0.39, 0.29) is 44.0 Å². The summed E-state index contributed by atoms with van der Waals surface area (Å²) in [6, 6.07) is 0. The number of hydrogen-bond donors (Lipinski definition) is 0. The fraction of sp³-hybridized carbons (Fsp3) is 0.708. The molecule has 0 rings (SSSR count). The average molecular weight is 988 g/mol. The Labute approximate surface area is 438 Å². The fourth-order valence-corrected chi connectivity index (χ4v) is 8.03. The van der Waals surface area contributed by atoms with Gasteiger partial charge in [-0.25, -0.2) is 0 Å². The van der Waals surface area contributed by atoms with Crippen molar-refractivity contribution in [3.05, 3.63) is 97.2 Å². The number of esters is 3. The topological polar surface area (TPSA) is 78.9 Å². The minimum atomic E-state index is -0.828. The second kappa shape index (κ2) is 58.9. The molecule has 0 unspecified atom stereocenters. The Morgan fingerprint density at radius 1 is 0.282 bits per heavy atom. The molecule has 6 heteroatoms. The van der Waals surface area contributed by atoms with Crippen molar-refractivity contribution in [1.29, 1.82) is 0 Å². The van der Waals surface area contributed by atoms with Crippen LogP contribution < -0.4 is 0 Å². The summed E-state index contributed by atoms with van der Waals surface area (Å²) < 4.78 is 16.8. The predicted octanol–water partition coefficient (Wildman–Crippen LogP) is 20.1. The maximum Gasteiger partial charge on any atom is 0.306 e. The minimum Gasteiger partial charge on any atom is -0.462 e. The van der Waals surface area contributed by atoms with E-state index in [1.54, 1.807) is 0 Å². The molecular weight excluding hydrogens is 877 g/mol. The molecule has 6 nitrogen and oxygen atoms in total. The number of carbonyl (C=O) groups excluding carboxylic acids is 3. The molecule has 71 heavy (non-hydrogen) atoms. The average Bonchev–Trinajstić information content (AvgIpc) is 3.37. The zero-order valence-corrected chi connectivity index (χ0v) is 46.5. The smallest absolute Gasteiger partial charge is 0.306 e. The molecule has 0 saturated carbocycles. The summed E-state index contributed by atoms with van der Waals surface area (Å²) in [4.78, 5) is 38.2. The number of hydrogen-bond acceptors (Lipinski definition) is 6. The van der Waals surface area contributed by atoms with E-state index in [0.717, 1.165) is 64.2 Å². The molecule has 0 N–H and O–H groups in total. The molecule has 406 valence electrons. The normalized spacial score (nSPS) is 12.8. The van der Waals surface area contributed by atoms with Gasteiger partial charge in [0.1, 0.15) is 13.2 Å². The predicted molar refractivity (Wildman–Crippen MR) is 307 cm³/mol. The first-order valence-electron chi connectivity index (χ1n) is 29.7. The number of ether oxygens (including phenoxy) is 3. The van der Waals surface area contributed by atoms with Crippen LogP contribution in [0.3, 0.4) is 0 Å². The molecular formula is C65H110O6. The second-order valence-corrected chi connectivity index (χ2v) is 19.5. The Morgan fingerprint density at radius 3 is 0.887 bits per heavy atom. The van der Waals surface area contributed by atoms with Crippen LogP contribution in [0.15, 0.2) is 97.2 Å². The quantitative estimate of drug-likeness (QED) is 0.0261. The zero-order chi connectivity index (χ0) is 51.4. The van der Waals surface area contributed by atoms with Gasteiger partial charge in [-0.2, -0.15) is 0 Å². The largest absolute Gasteiger partial charge is 0.462 e. The lowest BCUT2D eigenvalue weighted by molar-refractivity contribution is -0.167. The van der Waals surface area contributed by atoms with Crippen molar-refractivity contribution >= 4 is 17.9 Å². The van der Waals surface area contributed by atoms with E-state index in [1.807, 2.05) is 0 Å². The molecule has 0 aromatic rings. The van der Waals surface area contributed by atoms with Crippen LogP contribution in [0.2, 0.25) is 0 Å². The summed E-state index contributed by atoms with van der Waals surface area (Å²) in [5, 5.41) is 0. The van der Waals surface area contributed by atoms with E-state index in [4.69, 9.17) is 14.2 Å². The van der Waals surface area contributed by atoms with Gasteiger partial charge in [0.25, 0.3) is 0 Å². The molecule has 0 heterocycles. The third-order valence-electron chi connectivity index (χ3n) is 12.5. The lowest BCUT2D eigenvalue weighted by Crippen LogP contribution is -2.30. The van der Waals surface area contributed by atoms with Gasteiger partial charge >= 0.3 is 17.9 Å². The van der Waals surface area contributed by atoms with Crippen molar-refractivity contribution < 1.29 is 28.6 Å². The van der Waals surface area contributed by atoms with Crippen LogP contribution in [-0.2, 0) is 28.6 Å². The lowest BCUT2D eigenvalue weighted by Gasteiger charge is -2.18. The summed E-state index contributed by atoms with van der Waals surface area (Å²) in [5.74, 6) is -1.03. The lowest BCUT2D eigenvalue weighted by atomic mass is 10.1. The van der Waals surface area contributed by atoms with E-state index in [0.29, 0.717) is 19.3 Å². The van der Waals surface area contributed by atoms with Gasteiger partial charge in [0.2, 0.25) is 0 Å². The SMILES string of the molecule is CCCCC/C=C\C/C=C\C/C=C\C/C=C\CCCC(=O)OC[C@H](COC(=O)CCCCCCCCCCC/C=C\CCCCCCCC)OC(=O)CCC/C=C\C/C=C\C/C=C\CCCCCCCC. The van der Waals surface area contributed by atoms with Gasteiger partial charge < -0.3 is 14.2 Å². The van der Waals surface area contributed by atoms with E-state index in [1.165, 1.54) is 161 Å². The summed E-state index contributed by atoms with van der Waals surface area (Å²) in [6.07, 6.45) is 78.4. The first-order valence-corrected chi connectivity index (χ1v) is 29.7. The highest BCUT2D eigenvalue weighted by Crippen LogP contribution is 2.14. The maximum atomic E-state index is 12.8. The maximum absolute atomic E-state index is 12.8. The number of allylic oxidation sites excluding steroid dienone is 16. The van der Waals surface area contributed by atoms with Crippen LogP contribution in [0.1, 0.15) is 278 Å². The molecule has 0 aliphatic rings. The molecule has 0 amide bonds. The highest BCUT2D eigenvalue weighted by atomic mass is 16.6. The van der Waals surface area contributed by atoms with Gasteiger partial charge in [-0.3, -0.25) is 14.4 Å². The summed E-state index contributed by atoms with van der Waals surface area (Å²) in [6.45, 7) is 6.52. The molecule has 0 bridgehead atoms. The van der Waals surface area contributed by atoms with Crippen molar-refractivity contribution in [2.45, 2.75) is 284 Å². The Balaban J connectivity index is 4.53. The molecule has 0 radical (unpaired) electrons. The molecule has 0 aliphatic heterocycles. The summed E-state index contributed by atoms with van der Waals surface area (Å²) >= 11 is 0. The van der Waals surface area contributed by atoms with Crippen LogP contribution >= 0.6 is 0 Å². The first-order chi connectivity index (χ1) is 35.0. The van der Waals surface area contributed by atoms with Crippen LogP contribution in [-0.4, -0.2) is 37.2 Å². The highest BCUT2D eigenvalue weighted by molar-refractivity contribution is 5.71. The summed E-state index contributed by atoms with van der Waals surface area (Å²) in [5.41, 5.74) is 0. The third-order valence-corrected chi connectivity index (χ3v) is 12.5. The Bertz CT molecular complexity index is 1410. The molecule has 0 fully saturated rings. The van der Waals surface area contributed by atoms with Gasteiger partial charge in [0.15, 0.2) is 6.10 Å². The van der Waals surface area contributed by atoms with Crippen molar-refractivity contribution in [3.63, 3.8) is 0 Å². The fourth-order valence-electron chi connectivity index (χ4n) is 8.03. The van der Waals surface area contributed by atoms with Crippen LogP contribution in [0, 0.1) is 0 Å². The van der Waals surface area contributed by atoms with Crippen molar-refractivity contribution in [3.8, 4) is 0 Å². The molecule has 0 aromatic heterocycles. The third kappa shape index (κ3) is 57.1. The first kappa shape index (κ1) is 67.3. The monoisotopic (exact) mass is 987 g/mol. The molecule has 1 atom stereocenters. The molecule has 0 spiro atoms. The van der Waals surface area contributed by atoms with Gasteiger partial charge in [0, 0.05) is 19.3 Å². The van der Waals surface area contributed by atoms with Crippen LogP contribution in [0.25, 0.3) is 0 Å². The zero-order valence-electron chi connectivity index (χ0n) is 46.5. The Morgan fingerprint density at radius 2 is 0.521 bits per heavy atom. The Kier molecular flexibility index (Phi) is 55.9.